The van der Waals surface area contributed by atoms with Gasteiger partial charge in [-0.05, 0) is 19.3 Å². The third kappa shape index (κ3) is 4.82. The molecule has 4 nitrogen and oxygen atoms in total. The topological polar surface area (TPSA) is 49.8 Å². The van der Waals surface area contributed by atoms with Gasteiger partial charge >= 0.3 is 0 Å². The highest BCUT2D eigenvalue weighted by molar-refractivity contribution is 6.32. The minimum absolute atomic E-state index is 0.488. The molecule has 1 aliphatic carbocycles. The first-order chi connectivity index (χ1) is 9.79. The average Bonchev–Trinajstić information content (AvgIpc) is 2.42. The zero-order chi connectivity index (χ0) is 14.2. The maximum atomic E-state index is 6.21. The van der Waals surface area contributed by atoms with E-state index in [0.29, 0.717) is 17.0 Å². The molecule has 0 amide bonds. The van der Waals surface area contributed by atoms with Gasteiger partial charge in [-0.25, -0.2) is 4.98 Å². The van der Waals surface area contributed by atoms with Gasteiger partial charge in [-0.3, -0.25) is 0 Å². The van der Waals surface area contributed by atoms with Gasteiger partial charge in [-0.1, -0.05) is 50.6 Å². The summed E-state index contributed by atoms with van der Waals surface area (Å²) < 4.78 is 0. The molecule has 1 aromatic heterocycles. The Hall–Kier alpha value is -1.03. The Kier molecular flexibility index (Phi) is 6.37. The smallest absolute Gasteiger partial charge is 0.224 e. The number of hydrogen-bond acceptors (Lipinski definition) is 4. The number of anilines is 2. The summed E-state index contributed by atoms with van der Waals surface area (Å²) in [5, 5.41) is 7.32. The van der Waals surface area contributed by atoms with Crippen molar-refractivity contribution in [3.05, 3.63) is 11.2 Å². The zero-order valence-corrected chi connectivity index (χ0v) is 13.0. The molecule has 1 aliphatic rings. The van der Waals surface area contributed by atoms with E-state index in [9.17, 15) is 0 Å². The van der Waals surface area contributed by atoms with E-state index in [1.807, 2.05) is 0 Å². The second kappa shape index (κ2) is 8.30. The van der Waals surface area contributed by atoms with E-state index in [-0.39, 0.29) is 0 Å². The van der Waals surface area contributed by atoms with Crippen molar-refractivity contribution in [3.8, 4) is 0 Å². The summed E-state index contributed by atoms with van der Waals surface area (Å²) in [5.41, 5.74) is 0. The van der Waals surface area contributed by atoms with Gasteiger partial charge in [0.25, 0.3) is 0 Å². The number of aromatic nitrogens is 2. The van der Waals surface area contributed by atoms with Crippen LogP contribution in [-0.4, -0.2) is 22.6 Å². The molecule has 0 radical (unpaired) electrons. The van der Waals surface area contributed by atoms with Crippen LogP contribution < -0.4 is 10.6 Å². The third-order valence-corrected chi connectivity index (χ3v) is 4.00. The molecule has 1 saturated carbocycles. The lowest BCUT2D eigenvalue weighted by Crippen LogP contribution is -2.22. The minimum atomic E-state index is 0.488. The molecule has 0 atom stereocenters. The van der Waals surface area contributed by atoms with Crippen LogP contribution in [0.25, 0.3) is 0 Å². The molecular formula is C15H25ClN4. The van der Waals surface area contributed by atoms with E-state index >= 15 is 0 Å². The van der Waals surface area contributed by atoms with Crippen molar-refractivity contribution in [2.75, 3.05) is 17.2 Å². The fourth-order valence-electron chi connectivity index (χ4n) is 2.58. The fourth-order valence-corrected chi connectivity index (χ4v) is 2.73. The predicted octanol–water partition coefficient (Wildman–Crippen LogP) is 4.48. The third-order valence-electron chi connectivity index (χ3n) is 3.72. The van der Waals surface area contributed by atoms with Gasteiger partial charge in [0.15, 0.2) is 5.82 Å². The highest BCUT2D eigenvalue weighted by Crippen LogP contribution is 2.24. The fraction of sp³-hybridized carbons (Fsp3) is 0.733. The van der Waals surface area contributed by atoms with E-state index in [2.05, 4.69) is 27.5 Å². The molecule has 5 heteroatoms. The summed E-state index contributed by atoms with van der Waals surface area (Å²) in [4.78, 5) is 8.70. The Morgan fingerprint density at radius 1 is 1.20 bits per heavy atom. The SMILES string of the molecule is CCCNc1ncc(Cl)c(NC2CCCCCCC2)n1. The first-order valence-electron chi connectivity index (χ1n) is 7.82. The Morgan fingerprint density at radius 2 is 1.90 bits per heavy atom. The molecule has 0 aromatic carbocycles. The summed E-state index contributed by atoms with van der Waals surface area (Å²) in [6, 6.07) is 0.488. The van der Waals surface area contributed by atoms with Gasteiger partial charge < -0.3 is 10.6 Å². The summed E-state index contributed by atoms with van der Waals surface area (Å²) >= 11 is 6.21. The maximum absolute atomic E-state index is 6.21. The largest absolute Gasteiger partial charge is 0.366 e. The zero-order valence-electron chi connectivity index (χ0n) is 12.3. The quantitative estimate of drug-likeness (QED) is 0.841. The van der Waals surface area contributed by atoms with Crippen molar-refractivity contribution in [1.29, 1.82) is 0 Å². The molecule has 20 heavy (non-hydrogen) atoms. The van der Waals surface area contributed by atoms with Crippen molar-refractivity contribution in [2.24, 2.45) is 0 Å². The Morgan fingerprint density at radius 3 is 2.60 bits per heavy atom. The number of hydrogen-bond donors (Lipinski definition) is 2. The summed E-state index contributed by atoms with van der Waals surface area (Å²) in [6.45, 7) is 3.00. The van der Waals surface area contributed by atoms with Crippen LogP contribution in [0, 0.1) is 0 Å². The van der Waals surface area contributed by atoms with E-state index in [4.69, 9.17) is 11.6 Å². The molecule has 0 spiro atoms. The second-order valence-electron chi connectivity index (χ2n) is 5.50. The number of halogens is 1. The lowest BCUT2D eigenvalue weighted by Gasteiger charge is -2.22. The van der Waals surface area contributed by atoms with Crippen molar-refractivity contribution < 1.29 is 0 Å². The van der Waals surface area contributed by atoms with Crippen LogP contribution in [0.1, 0.15) is 58.3 Å². The summed E-state index contributed by atoms with van der Waals surface area (Å²) in [6.07, 6.45) is 11.8. The highest BCUT2D eigenvalue weighted by Gasteiger charge is 2.14. The Labute approximate surface area is 126 Å². The van der Waals surface area contributed by atoms with Crippen molar-refractivity contribution >= 4 is 23.4 Å². The average molecular weight is 297 g/mol. The van der Waals surface area contributed by atoms with E-state index in [1.165, 1.54) is 44.9 Å². The first kappa shape index (κ1) is 15.4. The maximum Gasteiger partial charge on any atom is 0.224 e. The molecule has 1 fully saturated rings. The minimum Gasteiger partial charge on any atom is -0.366 e. The molecule has 2 N–H and O–H groups in total. The normalized spacial score (nSPS) is 17.3. The van der Waals surface area contributed by atoms with Crippen molar-refractivity contribution in [1.82, 2.24) is 9.97 Å². The van der Waals surface area contributed by atoms with Crippen LogP contribution in [0.4, 0.5) is 11.8 Å². The summed E-state index contributed by atoms with van der Waals surface area (Å²) in [7, 11) is 0. The monoisotopic (exact) mass is 296 g/mol. The van der Waals surface area contributed by atoms with Crippen molar-refractivity contribution in [3.63, 3.8) is 0 Å². The van der Waals surface area contributed by atoms with Gasteiger partial charge in [-0.2, -0.15) is 4.98 Å². The lowest BCUT2D eigenvalue weighted by molar-refractivity contribution is 0.470. The Balaban J connectivity index is 1.98. The molecule has 0 unspecified atom stereocenters. The second-order valence-corrected chi connectivity index (χ2v) is 5.91. The molecule has 0 aliphatic heterocycles. The number of rotatable bonds is 5. The molecule has 1 aromatic rings. The van der Waals surface area contributed by atoms with Gasteiger partial charge in [0, 0.05) is 12.6 Å². The van der Waals surface area contributed by atoms with Crippen LogP contribution in [0.5, 0.6) is 0 Å². The molecule has 112 valence electrons. The van der Waals surface area contributed by atoms with Gasteiger partial charge in [-0.15, -0.1) is 0 Å². The highest BCUT2D eigenvalue weighted by atomic mass is 35.5. The molecular weight excluding hydrogens is 272 g/mol. The van der Waals surface area contributed by atoms with Gasteiger partial charge in [0.2, 0.25) is 5.95 Å². The lowest BCUT2D eigenvalue weighted by atomic mass is 9.97. The number of nitrogens with zero attached hydrogens (tertiary/aromatic N) is 2. The van der Waals surface area contributed by atoms with E-state index in [1.54, 1.807) is 6.20 Å². The van der Waals surface area contributed by atoms with Crippen LogP contribution >= 0.6 is 11.6 Å². The van der Waals surface area contributed by atoms with Crippen LogP contribution in [0.3, 0.4) is 0 Å². The Bertz CT molecular complexity index is 403. The molecule has 0 bridgehead atoms. The predicted molar refractivity (Wildman–Crippen MR) is 85.6 cm³/mol. The van der Waals surface area contributed by atoms with Crippen LogP contribution in [0.2, 0.25) is 5.02 Å². The molecule has 2 rings (SSSR count). The van der Waals surface area contributed by atoms with Crippen molar-refractivity contribution in [2.45, 2.75) is 64.3 Å². The van der Waals surface area contributed by atoms with Crippen LogP contribution in [-0.2, 0) is 0 Å². The number of nitrogens with one attached hydrogen (secondary N) is 2. The van der Waals surface area contributed by atoms with Gasteiger partial charge in [0.1, 0.15) is 5.02 Å². The summed E-state index contributed by atoms with van der Waals surface area (Å²) in [5.74, 6) is 1.43. The standard InChI is InChI=1S/C15H25ClN4/c1-2-10-17-15-18-11-13(16)14(20-15)19-12-8-6-4-3-5-7-9-12/h11-12H,2-10H2,1H3,(H2,17,18,19,20). The first-order valence-corrected chi connectivity index (χ1v) is 8.20. The van der Waals surface area contributed by atoms with Crippen LogP contribution in [0.15, 0.2) is 6.20 Å². The molecule has 1 heterocycles. The van der Waals surface area contributed by atoms with E-state index < -0.39 is 0 Å². The van der Waals surface area contributed by atoms with Gasteiger partial charge in [0.05, 0.1) is 6.20 Å². The van der Waals surface area contributed by atoms with E-state index in [0.717, 1.165) is 18.8 Å². The molecule has 0 saturated heterocycles.